The summed E-state index contributed by atoms with van der Waals surface area (Å²) >= 11 is 6.11. The fourth-order valence-corrected chi connectivity index (χ4v) is 2.90. The van der Waals surface area contributed by atoms with E-state index in [4.69, 9.17) is 21.1 Å². The van der Waals surface area contributed by atoms with Gasteiger partial charge in [-0.15, -0.1) is 0 Å². The smallest absolute Gasteiger partial charge is 0.326 e. The molecule has 6 heteroatoms. The molecule has 1 aromatic carbocycles. The molecule has 0 spiro atoms. The second-order valence-electron chi connectivity index (χ2n) is 5.14. The van der Waals surface area contributed by atoms with Gasteiger partial charge in [-0.1, -0.05) is 23.7 Å². The van der Waals surface area contributed by atoms with E-state index in [1.165, 1.54) is 4.90 Å². The van der Waals surface area contributed by atoms with Gasteiger partial charge in [0.25, 0.3) is 5.91 Å². The zero-order valence-electron chi connectivity index (χ0n) is 11.7. The summed E-state index contributed by atoms with van der Waals surface area (Å²) in [7, 11) is 0. The van der Waals surface area contributed by atoms with Gasteiger partial charge in [0.2, 0.25) is 0 Å². The number of likely N-dealkylation sites (tertiary alicyclic amines) is 1. The molecule has 0 bridgehead atoms. The molecule has 2 heterocycles. The number of halogens is 1. The van der Waals surface area contributed by atoms with Crippen molar-refractivity contribution in [3.63, 3.8) is 0 Å². The van der Waals surface area contributed by atoms with Gasteiger partial charge in [-0.2, -0.15) is 0 Å². The van der Waals surface area contributed by atoms with Gasteiger partial charge in [-0.25, -0.2) is 4.79 Å². The van der Waals surface area contributed by atoms with E-state index >= 15 is 0 Å². The summed E-state index contributed by atoms with van der Waals surface area (Å²) in [4.78, 5) is 24.9. The van der Waals surface area contributed by atoms with Crippen LogP contribution in [0.4, 0.5) is 0 Å². The third kappa shape index (κ3) is 2.60. The van der Waals surface area contributed by atoms with E-state index in [0.717, 1.165) is 0 Å². The molecule has 1 atom stereocenters. The minimum atomic E-state index is -0.983. The predicted molar refractivity (Wildman–Crippen MR) is 80.8 cm³/mol. The number of nitrogens with zero attached hydrogens (tertiary/aromatic N) is 1. The van der Waals surface area contributed by atoms with Crippen molar-refractivity contribution < 1.29 is 19.1 Å². The molecule has 3 rings (SSSR count). The molecular weight excluding hydrogens is 306 g/mol. The Balaban J connectivity index is 1.86. The maximum atomic E-state index is 12.4. The number of amides is 1. The van der Waals surface area contributed by atoms with Crippen LogP contribution >= 0.6 is 11.6 Å². The Hall–Kier alpha value is -2.27. The van der Waals surface area contributed by atoms with E-state index in [1.807, 2.05) is 12.1 Å². The van der Waals surface area contributed by atoms with E-state index in [2.05, 4.69) is 0 Å². The molecule has 5 nitrogen and oxygen atoms in total. The van der Waals surface area contributed by atoms with Crippen LogP contribution in [-0.2, 0) is 4.79 Å². The Morgan fingerprint density at radius 3 is 2.73 bits per heavy atom. The van der Waals surface area contributed by atoms with Crippen molar-refractivity contribution in [3.8, 4) is 11.3 Å². The second-order valence-corrected chi connectivity index (χ2v) is 5.55. The number of furan rings is 1. The van der Waals surface area contributed by atoms with Crippen molar-refractivity contribution in [2.75, 3.05) is 6.54 Å². The highest BCUT2D eigenvalue weighted by molar-refractivity contribution is 6.33. The molecule has 1 fully saturated rings. The van der Waals surface area contributed by atoms with Gasteiger partial charge < -0.3 is 14.4 Å². The van der Waals surface area contributed by atoms with Crippen LogP contribution in [0.3, 0.4) is 0 Å². The van der Waals surface area contributed by atoms with Crippen molar-refractivity contribution in [1.82, 2.24) is 4.90 Å². The van der Waals surface area contributed by atoms with Gasteiger partial charge in [-0.05, 0) is 37.1 Å². The van der Waals surface area contributed by atoms with Gasteiger partial charge in [0, 0.05) is 12.1 Å². The summed E-state index contributed by atoms with van der Waals surface area (Å²) in [5.41, 5.74) is 0.694. The lowest BCUT2D eigenvalue weighted by molar-refractivity contribution is -0.141. The normalized spacial score (nSPS) is 17.7. The van der Waals surface area contributed by atoms with Crippen molar-refractivity contribution in [3.05, 3.63) is 47.2 Å². The van der Waals surface area contributed by atoms with Crippen LogP contribution in [0.15, 0.2) is 40.8 Å². The standard InChI is InChI=1S/C16H14ClNO4/c17-11-5-2-1-4-10(11)13-7-8-14(22-13)15(19)18-9-3-6-12(18)16(20)21/h1-2,4-5,7-8,12H,3,6,9H2,(H,20,21)/t12-/m1/s1. The Labute approximate surface area is 132 Å². The summed E-state index contributed by atoms with van der Waals surface area (Å²) in [6.45, 7) is 0.428. The summed E-state index contributed by atoms with van der Waals surface area (Å²) in [5.74, 6) is -0.768. The van der Waals surface area contributed by atoms with Gasteiger partial charge in [0.15, 0.2) is 5.76 Å². The molecule has 1 amide bonds. The van der Waals surface area contributed by atoms with Gasteiger partial charge in [-0.3, -0.25) is 4.79 Å². The molecule has 0 aliphatic carbocycles. The second kappa shape index (κ2) is 5.85. The fourth-order valence-electron chi connectivity index (χ4n) is 2.67. The predicted octanol–water partition coefficient (Wildman–Crippen LogP) is 3.29. The Morgan fingerprint density at radius 2 is 2.00 bits per heavy atom. The molecule has 1 N–H and O–H groups in total. The molecule has 114 valence electrons. The molecular formula is C16H14ClNO4. The van der Waals surface area contributed by atoms with Gasteiger partial charge >= 0.3 is 5.97 Å². The Kier molecular flexibility index (Phi) is 3.90. The number of hydrogen-bond acceptors (Lipinski definition) is 3. The van der Waals surface area contributed by atoms with Crippen LogP contribution in [0.25, 0.3) is 11.3 Å². The number of hydrogen-bond donors (Lipinski definition) is 1. The highest BCUT2D eigenvalue weighted by atomic mass is 35.5. The number of carboxylic acids is 1. The van der Waals surface area contributed by atoms with E-state index in [0.29, 0.717) is 35.7 Å². The molecule has 0 saturated carbocycles. The average Bonchev–Trinajstić information content (AvgIpc) is 3.16. The van der Waals surface area contributed by atoms with Crippen molar-refractivity contribution in [2.24, 2.45) is 0 Å². The van der Waals surface area contributed by atoms with Crippen LogP contribution in [0, 0.1) is 0 Å². The number of carbonyl (C=O) groups excluding carboxylic acids is 1. The molecule has 22 heavy (non-hydrogen) atoms. The first-order valence-electron chi connectivity index (χ1n) is 6.96. The minimum absolute atomic E-state index is 0.128. The zero-order valence-corrected chi connectivity index (χ0v) is 12.4. The van der Waals surface area contributed by atoms with E-state index in [-0.39, 0.29) is 5.76 Å². The SMILES string of the molecule is O=C(O)[C@H]1CCCN1C(=O)c1ccc(-c2ccccc2Cl)o1. The maximum Gasteiger partial charge on any atom is 0.326 e. The van der Waals surface area contributed by atoms with Crippen LogP contribution in [-0.4, -0.2) is 34.5 Å². The number of aliphatic carboxylic acids is 1. The number of rotatable bonds is 3. The Morgan fingerprint density at radius 1 is 1.23 bits per heavy atom. The third-order valence-corrected chi connectivity index (χ3v) is 4.08. The van der Waals surface area contributed by atoms with E-state index < -0.39 is 17.9 Å². The lowest BCUT2D eigenvalue weighted by atomic mass is 10.2. The monoisotopic (exact) mass is 319 g/mol. The quantitative estimate of drug-likeness (QED) is 0.942. The van der Waals surface area contributed by atoms with Crippen molar-refractivity contribution in [1.29, 1.82) is 0 Å². The molecule has 1 aliphatic heterocycles. The van der Waals surface area contributed by atoms with Crippen LogP contribution in [0.5, 0.6) is 0 Å². The van der Waals surface area contributed by atoms with Gasteiger partial charge in [0.1, 0.15) is 11.8 Å². The zero-order chi connectivity index (χ0) is 15.7. The largest absolute Gasteiger partial charge is 0.480 e. The topological polar surface area (TPSA) is 70.8 Å². The minimum Gasteiger partial charge on any atom is -0.480 e. The first-order valence-corrected chi connectivity index (χ1v) is 7.34. The van der Waals surface area contributed by atoms with E-state index in [1.54, 1.807) is 24.3 Å². The summed E-state index contributed by atoms with van der Waals surface area (Å²) in [6, 6.07) is 9.61. The van der Waals surface area contributed by atoms with Crippen LogP contribution < -0.4 is 0 Å². The maximum absolute atomic E-state index is 12.4. The first kappa shape index (κ1) is 14.7. The number of carboxylic acid groups (broad SMARTS) is 1. The molecule has 2 aromatic rings. The summed E-state index contributed by atoms with van der Waals surface area (Å²) in [6.07, 6.45) is 1.15. The lowest BCUT2D eigenvalue weighted by Gasteiger charge is -2.19. The molecule has 1 saturated heterocycles. The average molecular weight is 320 g/mol. The van der Waals surface area contributed by atoms with Crippen molar-refractivity contribution >= 4 is 23.5 Å². The summed E-state index contributed by atoms with van der Waals surface area (Å²) < 4.78 is 5.58. The first-order chi connectivity index (χ1) is 10.6. The van der Waals surface area contributed by atoms with Crippen LogP contribution in [0.1, 0.15) is 23.4 Å². The van der Waals surface area contributed by atoms with Crippen LogP contribution in [0.2, 0.25) is 5.02 Å². The fraction of sp³-hybridized carbons (Fsp3) is 0.250. The van der Waals surface area contributed by atoms with Crippen molar-refractivity contribution in [2.45, 2.75) is 18.9 Å². The Bertz CT molecular complexity index is 724. The highest BCUT2D eigenvalue weighted by Gasteiger charge is 2.35. The molecule has 1 aromatic heterocycles. The van der Waals surface area contributed by atoms with Gasteiger partial charge in [0.05, 0.1) is 5.02 Å². The van der Waals surface area contributed by atoms with E-state index in [9.17, 15) is 9.59 Å². The number of benzene rings is 1. The highest BCUT2D eigenvalue weighted by Crippen LogP contribution is 2.30. The third-order valence-electron chi connectivity index (χ3n) is 3.75. The molecule has 0 unspecified atom stereocenters. The lowest BCUT2D eigenvalue weighted by Crippen LogP contribution is -2.40. The number of carbonyl (C=O) groups is 2. The summed E-state index contributed by atoms with van der Waals surface area (Å²) in [5, 5.41) is 9.69. The molecule has 1 aliphatic rings. The molecule has 0 radical (unpaired) electrons.